The number of likely N-dealkylation sites (N-methyl/N-ethyl adjacent to an activating group) is 1. The molecule has 0 unspecified atom stereocenters. The number of H-pyrrole nitrogens is 1. The first-order valence-electron chi connectivity index (χ1n) is 8.38. The van der Waals surface area contributed by atoms with E-state index in [-0.39, 0.29) is 18.0 Å². The molecule has 1 aliphatic rings. The van der Waals surface area contributed by atoms with E-state index in [0.717, 1.165) is 13.1 Å². The second-order valence-corrected chi connectivity index (χ2v) is 6.77. The van der Waals surface area contributed by atoms with Crippen molar-refractivity contribution in [3.8, 4) is 0 Å². The van der Waals surface area contributed by atoms with E-state index < -0.39 is 5.60 Å². The third-order valence-electron chi connectivity index (χ3n) is 4.56. The Bertz CT molecular complexity index is 790. The van der Waals surface area contributed by atoms with Crippen molar-refractivity contribution >= 4 is 5.91 Å². The van der Waals surface area contributed by atoms with E-state index in [1.54, 1.807) is 13.1 Å². The van der Waals surface area contributed by atoms with E-state index >= 15 is 0 Å². The van der Waals surface area contributed by atoms with Crippen LogP contribution >= 0.6 is 0 Å². The molecule has 25 heavy (non-hydrogen) atoms. The predicted octanol–water partition coefficient (Wildman–Crippen LogP) is 1.08. The molecular weight excluding hydrogens is 318 g/mol. The molecule has 0 bridgehead atoms. The lowest BCUT2D eigenvalue weighted by Gasteiger charge is -2.29. The highest BCUT2D eigenvalue weighted by atomic mass is 16.3. The van der Waals surface area contributed by atoms with Gasteiger partial charge in [-0.3, -0.25) is 14.5 Å². The summed E-state index contributed by atoms with van der Waals surface area (Å²) in [6.45, 7) is 2.34. The SMILES string of the molecule is CN(C[C@]1(O)CCN(Cc2ccccc2)C1)C(=O)c1cc[nH]c(=O)c1. The summed E-state index contributed by atoms with van der Waals surface area (Å²) in [5, 5.41) is 10.9. The number of rotatable bonds is 5. The van der Waals surface area contributed by atoms with E-state index in [1.165, 1.54) is 22.7 Å². The molecule has 1 saturated heterocycles. The average molecular weight is 341 g/mol. The van der Waals surface area contributed by atoms with E-state index in [2.05, 4.69) is 22.0 Å². The van der Waals surface area contributed by atoms with Gasteiger partial charge in [0.05, 0.1) is 12.1 Å². The molecule has 1 aromatic carbocycles. The highest BCUT2D eigenvalue weighted by molar-refractivity contribution is 5.93. The summed E-state index contributed by atoms with van der Waals surface area (Å²) in [6, 6.07) is 13.0. The number of nitrogens with zero attached hydrogens (tertiary/aromatic N) is 2. The van der Waals surface area contributed by atoms with Gasteiger partial charge in [-0.05, 0) is 18.1 Å². The molecule has 1 aromatic heterocycles. The van der Waals surface area contributed by atoms with Crippen LogP contribution in [-0.2, 0) is 6.54 Å². The molecule has 1 amide bonds. The van der Waals surface area contributed by atoms with E-state index in [0.29, 0.717) is 18.5 Å². The van der Waals surface area contributed by atoms with E-state index in [9.17, 15) is 14.7 Å². The lowest BCUT2D eigenvalue weighted by Crippen LogP contribution is -2.45. The third kappa shape index (κ3) is 4.35. The largest absolute Gasteiger partial charge is 0.387 e. The van der Waals surface area contributed by atoms with Gasteiger partial charge in [0, 0.05) is 44.5 Å². The number of aliphatic hydroxyl groups is 1. The topological polar surface area (TPSA) is 76.6 Å². The van der Waals surface area contributed by atoms with Crippen molar-refractivity contribution in [2.24, 2.45) is 0 Å². The van der Waals surface area contributed by atoms with Gasteiger partial charge in [-0.2, -0.15) is 0 Å². The minimum atomic E-state index is -0.930. The van der Waals surface area contributed by atoms with Crippen molar-refractivity contribution in [1.29, 1.82) is 0 Å². The van der Waals surface area contributed by atoms with Crippen LogP contribution in [0.2, 0.25) is 0 Å². The minimum Gasteiger partial charge on any atom is -0.387 e. The number of aromatic amines is 1. The van der Waals surface area contributed by atoms with Crippen LogP contribution in [0, 0.1) is 0 Å². The second-order valence-electron chi connectivity index (χ2n) is 6.77. The minimum absolute atomic E-state index is 0.240. The highest BCUT2D eigenvalue weighted by Crippen LogP contribution is 2.24. The third-order valence-corrected chi connectivity index (χ3v) is 4.56. The Morgan fingerprint density at radius 1 is 1.32 bits per heavy atom. The van der Waals surface area contributed by atoms with Gasteiger partial charge in [0.2, 0.25) is 5.56 Å². The first kappa shape index (κ1) is 17.4. The number of pyridine rings is 1. The number of β-amino-alcohol motifs (C(OH)–C–C–N with tert-alkyl or cyclic N) is 1. The first-order chi connectivity index (χ1) is 12.0. The lowest BCUT2D eigenvalue weighted by atomic mass is 10.0. The zero-order valence-corrected chi connectivity index (χ0v) is 14.3. The molecular formula is C19H23N3O3. The Balaban J connectivity index is 1.60. The molecule has 1 fully saturated rings. The van der Waals surface area contributed by atoms with Gasteiger partial charge >= 0.3 is 0 Å². The molecule has 3 rings (SSSR count). The number of hydrogen-bond acceptors (Lipinski definition) is 4. The van der Waals surface area contributed by atoms with Crippen LogP contribution in [0.3, 0.4) is 0 Å². The summed E-state index contributed by atoms with van der Waals surface area (Å²) >= 11 is 0. The predicted molar refractivity (Wildman–Crippen MR) is 95.3 cm³/mol. The fourth-order valence-electron chi connectivity index (χ4n) is 3.36. The molecule has 2 heterocycles. The number of benzene rings is 1. The van der Waals surface area contributed by atoms with Crippen molar-refractivity contribution in [2.75, 3.05) is 26.7 Å². The van der Waals surface area contributed by atoms with Crippen molar-refractivity contribution in [2.45, 2.75) is 18.6 Å². The number of likely N-dealkylation sites (tertiary alicyclic amines) is 1. The van der Waals surface area contributed by atoms with Gasteiger partial charge in [-0.15, -0.1) is 0 Å². The number of aromatic nitrogens is 1. The van der Waals surface area contributed by atoms with Crippen LogP contribution in [0.1, 0.15) is 22.3 Å². The molecule has 0 saturated carbocycles. The average Bonchev–Trinajstić information content (AvgIpc) is 2.95. The molecule has 132 valence electrons. The van der Waals surface area contributed by atoms with Crippen LogP contribution < -0.4 is 5.56 Å². The summed E-state index contributed by atoms with van der Waals surface area (Å²) < 4.78 is 0. The van der Waals surface area contributed by atoms with Crippen molar-refractivity contribution in [1.82, 2.24) is 14.8 Å². The number of carbonyl (C=O) groups is 1. The molecule has 0 aliphatic carbocycles. The van der Waals surface area contributed by atoms with Gasteiger partial charge in [-0.25, -0.2) is 0 Å². The fourth-order valence-corrected chi connectivity index (χ4v) is 3.36. The van der Waals surface area contributed by atoms with Gasteiger partial charge in [0.1, 0.15) is 0 Å². The van der Waals surface area contributed by atoms with Crippen LogP contribution in [0.25, 0.3) is 0 Å². The smallest absolute Gasteiger partial charge is 0.253 e. The van der Waals surface area contributed by atoms with Crippen LogP contribution in [0.15, 0.2) is 53.5 Å². The summed E-state index contributed by atoms with van der Waals surface area (Å²) in [5.74, 6) is -0.263. The van der Waals surface area contributed by atoms with Crippen LogP contribution in [0.5, 0.6) is 0 Å². The van der Waals surface area contributed by atoms with Gasteiger partial charge in [-0.1, -0.05) is 30.3 Å². The number of nitrogens with one attached hydrogen (secondary N) is 1. The molecule has 2 aromatic rings. The Hall–Kier alpha value is -2.44. The zero-order chi connectivity index (χ0) is 17.9. The Labute approximate surface area is 146 Å². The van der Waals surface area contributed by atoms with Crippen molar-refractivity contribution in [3.05, 3.63) is 70.1 Å². The monoisotopic (exact) mass is 341 g/mol. The molecule has 0 radical (unpaired) electrons. The van der Waals surface area contributed by atoms with E-state index in [1.807, 2.05) is 18.2 Å². The molecule has 1 aliphatic heterocycles. The van der Waals surface area contributed by atoms with Gasteiger partial charge < -0.3 is 15.0 Å². The summed E-state index contributed by atoms with van der Waals surface area (Å²) in [7, 11) is 1.65. The maximum absolute atomic E-state index is 12.4. The van der Waals surface area contributed by atoms with Gasteiger partial charge in [0.15, 0.2) is 0 Å². The van der Waals surface area contributed by atoms with Crippen molar-refractivity contribution < 1.29 is 9.90 Å². The molecule has 1 atom stereocenters. The number of hydrogen-bond donors (Lipinski definition) is 2. The van der Waals surface area contributed by atoms with E-state index in [4.69, 9.17) is 0 Å². The van der Waals surface area contributed by atoms with Crippen molar-refractivity contribution in [3.63, 3.8) is 0 Å². The van der Waals surface area contributed by atoms with Gasteiger partial charge in [0.25, 0.3) is 5.91 Å². The summed E-state index contributed by atoms with van der Waals surface area (Å²) in [5.41, 5.74) is 0.293. The fraction of sp³-hybridized carbons (Fsp3) is 0.368. The normalized spacial score (nSPS) is 20.6. The molecule has 6 heteroatoms. The quantitative estimate of drug-likeness (QED) is 0.853. The lowest BCUT2D eigenvalue weighted by molar-refractivity contribution is 0.0170. The Morgan fingerprint density at radius 2 is 2.08 bits per heavy atom. The molecule has 2 N–H and O–H groups in total. The maximum Gasteiger partial charge on any atom is 0.253 e. The summed E-state index contributed by atoms with van der Waals surface area (Å²) in [6.07, 6.45) is 2.07. The van der Waals surface area contributed by atoms with Crippen LogP contribution in [0.4, 0.5) is 0 Å². The Kier molecular flexibility index (Phi) is 5.01. The maximum atomic E-state index is 12.4. The molecule has 0 spiro atoms. The highest BCUT2D eigenvalue weighted by Gasteiger charge is 2.37. The van der Waals surface area contributed by atoms with Crippen LogP contribution in [-0.4, -0.2) is 58.1 Å². The second kappa shape index (κ2) is 7.21. The number of carbonyl (C=O) groups excluding carboxylic acids is 1. The first-order valence-corrected chi connectivity index (χ1v) is 8.38. The Morgan fingerprint density at radius 3 is 2.80 bits per heavy atom. The summed E-state index contributed by atoms with van der Waals surface area (Å²) in [4.78, 5) is 30.0. The zero-order valence-electron chi connectivity index (χ0n) is 14.3. The molecule has 6 nitrogen and oxygen atoms in total. The number of amides is 1. The standard InChI is InChI=1S/C19H23N3O3/c1-21(18(24)16-7-9-20-17(23)11-16)13-19(25)8-10-22(14-19)12-15-5-3-2-4-6-15/h2-7,9,11,25H,8,10,12-14H2,1H3,(H,20,23)/t19-/m1/s1.